The van der Waals surface area contributed by atoms with Crippen molar-refractivity contribution in [1.82, 2.24) is 15.8 Å². The van der Waals surface area contributed by atoms with Gasteiger partial charge in [-0.3, -0.25) is 9.59 Å². The molecular formula is C13H17N3O5. The number of carbonyl (C=O) groups is 2. The van der Waals surface area contributed by atoms with Crippen LogP contribution in [0.25, 0.3) is 0 Å². The van der Waals surface area contributed by atoms with Crippen molar-refractivity contribution in [2.75, 3.05) is 13.2 Å². The molecule has 2 saturated heterocycles. The van der Waals surface area contributed by atoms with Crippen molar-refractivity contribution in [2.24, 2.45) is 0 Å². The summed E-state index contributed by atoms with van der Waals surface area (Å²) >= 11 is 0. The zero-order chi connectivity index (χ0) is 15.0. The van der Waals surface area contributed by atoms with Crippen molar-refractivity contribution < 1.29 is 23.6 Å². The molecule has 0 saturated carbocycles. The average Bonchev–Trinajstić information content (AvgIpc) is 3.09. The molecule has 4 atom stereocenters. The van der Waals surface area contributed by atoms with E-state index in [0.717, 1.165) is 0 Å². The maximum absolute atomic E-state index is 12.1. The molecule has 0 radical (unpaired) electrons. The summed E-state index contributed by atoms with van der Waals surface area (Å²) in [6.45, 7) is 3.89. The van der Waals surface area contributed by atoms with E-state index < -0.39 is 0 Å². The molecule has 8 heteroatoms. The number of nitrogens with zero attached hydrogens (tertiary/aromatic N) is 1. The van der Waals surface area contributed by atoms with Crippen LogP contribution in [0.1, 0.15) is 23.0 Å². The molecule has 0 unspecified atom stereocenters. The van der Waals surface area contributed by atoms with Crippen LogP contribution in [0.3, 0.4) is 0 Å². The summed E-state index contributed by atoms with van der Waals surface area (Å²) in [4.78, 5) is 23.3. The van der Waals surface area contributed by atoms with Gasteiger partial charge in [-0.1, -0.05) is 5.16 Å². The molecular weight excluding hydrogens is 278 g/mol. The second-order valence-electron chi connectivity index (χ2n) is 5.30. The smallest absolute Gasteiger partial charge is 0.256 e. The van der Waals surface area contributed by atoms with Crippen LogP contribution in [0, 0.1) is 6.92 Å². The lowest BCUT2D eigenvalue weighted by Crippen LogP contribution is -2.46. The minimum atomic E-state index is -0.269. The van der Waals surface area contributed by atoms with Gasteiger partial charge in [-0.05, 0) is 6.92 Å². The van der Waals surface area contributed by atoms with E-state index in [4.69, 9.17) is 14.0 Å². The summed E-state index contributed by atoms with van der Waals surface area (Å²) in [6, 6.07) is -0.428. The van der Waals surface area contributed by atoms with Gasteiger partial charge < -0.3 is 24.6 Å². The van der Waals surface area contributed by atoms with E-state index in [1.165, 1.54) is 13.2 Å². The van der Waals surface area contributed by atoms with Crippen molar-refractivity contribution in [3.05, 3.63) is 17.5 Å². The van der Waals surface area contributed by atoms with E-state index in [2.05, 4.69) is 15.8 Å². The van der Waals surface area contributed by atoms with Crippen LogP contribution < -0.4 is 10.6 Å². The molecule has 1 aromatic rings. The molecule has 0 spiro atoms. The number of aryl methyl sites for hydroxylation is 1. The third-order valence-electron chi connectivity index (χ3n) is 3.75. The number of ether oxygens (including phenoxy) is 2. The Hall–Kier alpha value is -1.93. The SMILES string of the molecule is CC(=O)N[C@H]1CO[C@H]2[C@@H]1OC[C@@H]2NC(=O)c1conc1C. The first-order valence-corrected chi connectivity index (χ1v) is 6.78. The molecule has 2 N–H and O–H groups in total. The lowest BCUT2D eigenvalue weighted by Gasteiger charge is -2.17. The van der Waals surface area contributed by atoms with E-state index in [1.807, 2.05) is 0 Å². The van der Waals surface area contributed by atoms with Crippen LogP contribution in [0.5, 0.6) is 0 Å². The normalized spacial score (nSPS) is 31.0. The van der Waals surface area contributed by atoms with Gasteiger partial charge in [0, 0.05) is 6.92 Å². The summed E-state index contributed by atoms with van der Waals surface area (Å²) in [5.74, 6) is -0.394. The number of nitrogens with one attached hydrogen (secondary N) is 2. The Labute approximate surface area is 121 Å². The van der Waals surface area contributed by atoms with Gasteiger partial charge in [0.2, 0.25) is 5.91 Å². The number of hydrogen-bond acceptors (Lipinski definition) is 6. The predicted molar refractivity (Wildman–Crippen MR) is 69.6 cm³/mol. The fraction of sp³-hybridized carbons (Fsp3) is 0.615. The Morgan fingerprint density at radius 1 is 1.19 bits per heavy atom. The van der Waals surface area contributed by atoms with Gasteiger partial charge in [0.05, 0.1) is 31.0 Å². The molecule has 3 rings (SSSR count). The minimum Gasteiger partial charge on any atom is -0.371 e. The monoisotopic (exact) mass is 295 g/mol. The highest BCUT2D eigenvalue weighted by atomic mass is 16.6. The standard InChI is InChI=1S/C13H17N3O5/c1-6-8(3-21-16-6)13(18)15-10-5-20-11-9(14-7(2)17)4-19-12(10)11/h3,9-12H,4-5H2,1-2H3,(H,14,17)(H,15,18)/t9-,10-,11+,12+/m0/s1. The first kappa shape index (κ1) is 14.0. The van der Waals surface area contributed by atoms with Crippen LogP contribution in [-0.4, -0.2) is 54.5 Å². The topological polar surface area (TPSA) is 103 Å². The van der Waals surface area contributed by atoms with Crippen LogP contribution in [0.15, 0.2) is 10.8 Å². The molecule has 21 heavy (non-hydrogen) atoms. The molecule has 1 aromatic heterocycles. The van der Waals surface area contributed by atoms with E-state index >= 15 is 0 Å². The molecule has 0 bridgehead atoms. The Morgan fingerprint density at radius 2 is 1.81 bits per heavy atom. The lowest BCUT2D eigenvalue weighted by molar-refractivity contribution is -0.120. The molecule has 2 aliphatic rings. The fourth-order valence-electron chi connectivity index (χ4n) is 2.76. The van der Waals surface area contributed by atoms with E-state index in [0.29, 0.717) is 24.5 Å². The summed E-state index contributed by atoms with van der Waals surface area (Å²) in [5, 5.41) is 9.34. The Balaban J connectivity index is 1.63. The summed E-state index contributed by atoms with van der Waals surface area (Å²) in [5.41, 5.74) is 0.932. The number of carbonyl (C=O) groups excluding carboxylic acids is 2. The maximum Gasteiger partial charge on any atom is 0.256 e. The molecule has 2 fully saturated rings. The third kappa shape index (κ3) is 2.64. The lowest BCUT2D eigenvalue weighted by atomic mass is 10.1. The second kappa shape index (κ2) is 5.45. The summed E-state index contributed by atoms with van der Waals surface area (Å²) < 4.78 is 16.1. The van der Waals surface area contributed by atoms with Crippen LogP contribution in [0.2, 0.25) is 0 Å². The predicted octanol–water partition coefficient (Wildman–Crippen LogP) is -0.616. The molecule has 8 nitrogen and oxygen atoms in total. The van der Waals surface area contributed by atoms with Crippen molar-refractivity contribution in [3.63, 3.8) is 0 Å². The average molecular weight is 295 g/mol. The Kier molecular flexibility index (Phi) is 3.64. The molecule has 0 aliphatic carbocycles. The van der Waals surface area contributed by atoms with E-state index in [9.17, 15) is 9.59 Å². The second-order valence-corrected chi connectivity index (χ2v) is 5.30. The first-order valence-electron chi connectivity index (χ1n) is 6.78. The highest BCUT2D eigenvalue weighted by Crippen LogP contribution is 2.27. The summed E-state index contributed by atoms with van der Waals surface area (Å²) in [7, 11) is 0. The molecule has 0 aromatic carbocycles. The van der Waals surface area contributed by atoms with Gasteiger partial charge in [-0.25, -0.2) is 0 Å². The van der Waals surface area contributed by atoms with E-state index in [-0.39, 0.29) is 36.1 Å². The summed E-state index contributed by atoms with van der Waals surface area (Å²) in [6.07, 6.45) is 0.821. The quantitative estimate of drug-likeness (QED) is 0.770. The van der Waals surface area contributed by atoms with Crippen LogP contribution in [0.4, 0.5) is 0 Å². The largest absolute Gasteiger partial charge is 0.371 e. The van der Waals surface area contributed by atoms with Gasteiger partial charge in [0.25, 0.3) is 5.91 Å². The first-order chi connectivity index (χ1) is 10.1. The molecule has 2 amide bonds. The molecule has 2 aliphatic heterocycles. The van der Waals surface area contributed by atoms with Crippen molar-refractivity contribution in [1.29, 1.82) is 0 Å². The van der Waals surface area contributed by atoms with Gasteiger partial charge in [0.15, 0.2) is 0 Å². The Bertz CT molecular complexity index is 558. The highest BCUT2D eigenvalue weighted by Gasteiger charge is 2.48. The third-order valence-corrected chi connectivity index (χ3v) is 3.75. The number of fused-ring (bicyclic) bond motifs is 1. The van der Waals surface area contributed by atoms with Crippen molar-refractivity contribution in [2.45, 2.75) is 38.1 Å². The minimum absolute atomic E-state index is 0.125. The highest BCUT2D eigenvalue weighted by molar-refractivity contribution is 5.95. The van der Waals surface area contributed by atoms with Gasteiger partial charge in [0.1, 0.15) is 24.0 Å². The van der Waals surface area contributed by atoms with Gasteiger partial charge >= 0.3 is 0 Å². The molecule has 114 valence electrons. The van der Waals surface area contributed by atoms with Gasteiger partial charge in [-0.15, -0.1) is 0 Å². The Morgan fingerprint density at radius 3 is 2.33 bits per heavy atom. The number of amides is 2. The number of aromatic nitrogens is 1. The fourth-order valence-corrected chi connectivity index (χ4v) is 2.76. The molecule has 3 heterocycles. The van der Waals surface area contributed by atoms with Crippen molar-refractivity contribution >= 4 is 11.8 Å². The zero-order valence-electron chi connectivity index (χ0n) is 11.8. The van der Waals surface area contributed by atoms with Crippen molar-refractivity contribution in [3.8, 4) is 0 Å². The van der Waals surface area contributed by atoms with Crippen LogP contribution in [-0.2, 0) is 14.3 Å². The zero-order valence-corrected chi connectivity index (χ0v) is 11.8. The van der Waals surface area contributed by atoms with Gasteiger partial charge in [-0.2, -0.15) is 0 Å². The number of hydrogen-bond donors (Lipinski definition) is 2. The van der Waals surface area contributed by atoms with E-state index in [1.54, 1.807) is 6.92 Å². The maximum atomic E-state index is 12.1. The van der Waals surface area contributed by atoms with Crippen LogP contribution >= 0.6 is 0 Å². The number of rotatable bonds is 3.